The van der Waals surface area contributed by atoms with E-state index >= 15 is 0 Å². The quantitative estimate of drug-likeness (QED) is 0.862. The second-order valence-electron chi connectivity index (χ2n) is 5.42. The molecule has 1 fully saturated rings. The van der Waals surface area contributed by atoms with E-state index in [-0.39, 0.29) is 11.8 Å². The molecule has 1 aromatic rings. The van der Waals surface area contributed by atoms with Gasteiger partial charge in [0.2, 0.25) is 11.8 Å². The molecule has 1 N–H and O–H groups in total. The smallest absolute Gasteiger partial charge is 0.244 e. The largest absolute Gasteiger partial charge is 0.345 e. The summed E-state index contributed by atoms with van der Waals surface area (Å²) in [5, 5.41) is 2.72. The number of nitrogens with one attached hydrogen (secondary N) is 1. The van der Waals surface area contributed by atoms with E-state index in [0.717, 1.165) is 13.0 Å². The summed E-state index contributed by atoms with van der Waals surface area (Å²) in [5.74, 6) is 0.438. The Morgan fingerprint density at radius 2 is 2.11 bits per heavy atom. The number of fused-ring (bicyclic) bond motifs is 1. The molecule has 0 spiro atoms. The lowest BCUT2D eigenvalue weighted by molar-refractivity contribution is -0.133. The summed E-state index contributed by atoms with van der Waals surface area (Å²) in [7, 11) is 0. The van der Waals surface area contributed by atoms with Gasteiger partial charge in [-0.15, -0.1) is 0 Å². The zero-order chi connectivity index (χ0) is 13.4. The van der Waals surface area contributed by atoms with Crippen LogP contribution >= 0.6 is 0 Å². The van der Waals surface area contributed by atoms with Crippen LogP contribution in [0.5, 0.6) is 0 Å². The van der Waals surface area contributed by atoms with E-state index in [2.05, 4.69) is 23.5 Å². The monoisotopic (exact) mass is 258 g/mol. The van der Waals surface area contributed by atoms with Crippen molar-refractivity contribution in [2.75, 3.05) is 13.1 Å². The number of benzene rings is 1. The zero-order valence-corrected chi connectivity index (χ0v) is 11.1. The Morgan fingerprint density at radius 1 is 1.32 bits per heavy atom. The minimum absolute atomic E-state index is 0.0302. The average Bonchev–Trinajstić information content (AvgIpc) is 2.48. The fourth-order valence-corrected chi connectivity index (χ4v) is 2.97. The predicted molar refractivity (Wildman–Crippen MR) is 71.7 cm³/mol. The van der Waals surface area contributed by atoms with E-state index in [1.807, 2.05) is 11.0 Å². The van der Waals surface area contributed by atoms with Crippen molar-refractivity contribution in [2.45, 2.75) is 31.7 Å². The first-order valence-electron chi connectivity index (χ1n) is 6.81. The van der Waals surface area contributed by atoms with Crippen LogP contribution in [0.2, 0.25) is 0 Å². The third-order valence-corrected chi connectivity index (χ3v) is 4.07. The highest BCUT2D eigenvalue weighted by Crippen LogP contribution is 2.35. The Hall–Kier alpha value is -1.84. The van der Waals surface area contributed by atoms with Crippen molar-refractivity contribution in [1.29, 1.82) is 0 Å². The van der Waals surface area contributed by atoms with Gasteiger partial charge in [-0.05, 0) is 24.5 Å². The van der Waals surface area contributed by atoms with Crippen molar-refractivity contribution in [3.63, 3.8) is 0 Å². The SMILES string of the molecule is CC1NC(=O)CCN(CC2Cc3ccccc32)C1=O. The van der Waals surface area contributed by atoms with Gasteiger partial charge in [0.1, 0.15) is 6.04 Å². The normalized spacial score (nSPS) is 26.3. The van der Waals surface area contributed by atoms with Crippen molar-refractivity contribution in [2.24, 2.45) is 0 Å². The van der Waals surface area contributed by atoms with Gasteiger partial charge in [0, 0.05) is 25.4 Å². The molecule has 0 bridgehead atoms. The van der Waals surface area contributed by atoms with E-state index in [1.165, 1.54) is 11.1 Å². The molecule has 1 saturated heterocycles. The number of rotatable bonds is 2. The lowest BCUT2D eigenvalue weighted by Crippen LogP contribution is -2.45. The average molecular weight is 258 g/mol. The Balaban J connectivity index is 1.70. The van der Waals surface area contributed by atoms with Gasteiger partial charge in [0.25, 0.3) is 0 Å². The second kappa shape index (κ2) is 4.68. The molecule has 2 amide bonds. The summed E-state index contributed by atoms with van der Waals surface area (Å²) in [6.07, 6.45) is 1.44. The Labute approximate surface area is 112 Å². The first-order chi connectivity index (χ1) is 9.15. The lowest BCUT2D eigenvalue weighted by Gasteiger charge is -2.34. The first-order valence-corrected chi connectivity index (χ1v) is 6.81. The molecule has 19 heavy (non-hydrogen) atoms. The molecular weight excluding hydrogens is 240 g/mol. The summed E-state index contributed by atoms with van der Waals surface area (Å²) < 4.78 is 0. The van der Waals surface area contributed by atoms with E-state index in [9.17, 15) is 9.59 Å². The van der Waals surface area contributed by atoms with Gasteiger partial charge in [-0.25, -0.2) is 0 Å². The maximum absolute atomic E-state index is 12.2. The van der Waals surface area contributed by atoms with Crippen LogP contribution in [0.15, 0.2) is 24.3 Å². The van der Waals surface area contributed by atoms with Crippen LogP contribution in [0.1, 0.15) is 30.4 Å². The molecule has 1 heterocycles. The molecule has 0 radical (unpaired) electrons. The Bertz CT molecular complexity index is 527. The maximum Gasteiger partial charge on any atom is 0.244 e. The van der Waals surface area contributed by atoms with Crippen LogP contribution in [0.3, 0.4) is 0 Å². The summed E-state index contributed by atoms with van der Waals surface area (Å²) in [6.45, 7) is 3.02. The fraction of sp³-hybridized carbons (Fsp3) is 0.467. The number of nitrogens with zero attached hydrogens (tertiary/aromatic N) is 1. The summed E-state index contributed by atoms with van der Waals surface area (Å²) in [6, 6.07) is 7.98. The van der Waals surface area contributed by atoms with Gasteiger partial charge in [0.05, 0.1) is 0 Å². The van der Waals surface area contributed by atoms with E-state index in [0.29, 0.717) is 18.9 Å². The summed E-state index contributed by atoms with van der Waals surface area (Å²) in [4.78, 5) is 25.5. The molecule has 2 aliphatic rings. The standard InChI is InChI=1S/C15H18N2O2/c1-10-15(19)17(7-6-14(18)16-10)9-12-8-11-4-2-3-5-13(11)12/h2-5,10,12H,6-9H2,1H3,(H,16,18). The molecular formula is C15H18N2O2. The fourth-order valence-electron chi connectivity index (χ4n) is 2.97. The van der Waals surface area contributed by atoms with Gasteiger partial charge in [-0.1, -0.05) is 24.3 Å². The number of hydrogen-bond acceptors (Lipinski definition) is 2. The molecule has 2 unspecified atom stereocenters. The molecule has 1 aromatic carbocycles. The Morgan fingerprint density at radius 3 is 2.89 bits per heavy atom. The minimum Gasteiger partial charge on any atom is -0.345 e. The highest BCUT2D eigenvalue weighted by molar-refractivity contribution is 5.89. The molecule has 100 valence electrons. The minimum atomic E-state index is -0.398. The molecule has 1 aliphatic heterocycles. The molecule has 2 atom stereocenters. The predicted octanol–water partition coefficient (Wildman–Crippen LogP) is 1.06. The van der Waals surface area contributed by atoms with Crippen LogP contribution in [0.25, 0.3) is 0 Å². The van der Waals surface area contributed by atoms with Gasteiger partial charge >= 0.3 is 0 Å². The van der Waals surface area contributed by atoms with E-state index in [4.69, 9.17) is 0 Å². The summed E-state index contributed by atoms with van der Waals surface area (Å²) in [5.41, 5.74) is 2.74. The molecule has 4 nitrogen and oxygen atoms in total. The van der Waals surface area contributed by atoms with Gasteiger partial charge < -0.3 is 10.2 Å². The van der Waals surface area contributed by atoms with Crippen molar-refractivity contribution in [1.82, 2.24) is 10.2 Å². The van der Waals surface area contributed by atoms with E-state index < -0.39 is 6.04 Å². The first kappa shape index (κ1) is 12.2. The van der Waals surface area contributed by atoms with Crippen molar-refractivity contribution >= 4 is 11.8 Å². The Kier molecular flexibility index (Phi) is 3.01. The van der Waals surface area contributed by atoms with Crippen LogP contribution in [0.4, 0.5) is 0 Å². The van der Waals surface area contributed by atoms with Gasteiger partial charge in [0.15, 0.2) is 0 Å². The molecule has 4 heteroatoms. The summed E-state index contributed by atoms with van der Waals surface area (Å²) >= 11 is 0. The highest BCUT2D eigenvalue weighted by Gasteiger charge is 2.32. The van der Waals surface area contributed by atoms with Crippen molar-refractivity contribution in [3.8, 4) is 0 Å². The number of hydrogen-bond donors (Lipinski definition) is 1. The maximum atomic E-state index is 12.2. The van der Waals surface area contributed by atoms with Crippen molar-refractivity contribution in [3.05, 3.63) is 35.4 Å². The highest BCUT2D eigenvalue weighted by atomic mass is 16.2. The zero-order valence-electron chi connectivity index (χ0n) is 11.1. The number of carbonyl (C=O) groups excluding carboxylic acids is 2. The number of carbonyl (C=O) groups is 2. The second-order valence-corrected chi connectivity index (χ2v) is 5.42. The molecule has 3 rings (SSSR count). The third kappa shape index (κ3) is 2.23. The van der Waals surface area contributed by atoms with Crippen molar-refractivity contribution < 1.29 is 9.59 Å². The lowest BCUT2D eigenvalue weighted by atomic mass is 9.77. The van der Waals surface area contributed by atoms with Crippen LogP contribution in [-0.2, 0) is 16.0 Å². The molecule has 0 aromatic heterocycles. The van der Waals surface area contributed by atoms with E-state index in [1.54, 1.807) is 6.92 Å². The number of amides is 2. The van der Waals surface area contributed by atoms with Crippen LogP contribution in [0, 0.1) is 0 Å². The van der Waals surface area contributed by atoms with Gasteiger partial charge in [-0.2, -0.15) is 0 Å². The van der Waals surface area contributed by atoms with Crippen LogP contribution < -0.4 is 5.32 Å². The molecule has 1 aliphatic carbocycles. The molecule has 0 saturated carbocycles. The van der Waals surface area contributed by atoms with Gasteiger partial charge in [-0.3, -0.25) is 9.59 Å². The van der Waals surface area contributed by atoms with Crippen LogP contribution in [-0.4, -0.2) is 35.8 Å². The topological polar surface area (TPSA) is 49.4 Å². The third-order valence-electron chi connectivity index (χ3n) is 4.07.